The van der Waals surface area contributed by atoms with E-state index in [1.165, 1.54) is 24.3 Å². The number of carbonyl (C=O) groups is 1. The lowest BCUT2D eigenvalue weighted by atomic mass is 10.1. The first-order chi connectivity index (χ1) is 17.8. The SMILES string of the molecule is CC(O)(O)c1nc(-c2ccc(NC(=O)C(O)c3cccc(Cl)c3)c(F)c2F)c2c(N)ncc(F)n12.FCF. The van der Waals surface area contributed by atoms with E-state index in [0.29, 0.717) is 10.6 Å². The number of halogens is 6. The van der Waals surface area contributed by atoms with Crippen molar-refractivity contribution >= 4 is 34.5 Å². The molecule has 15 heteroatoms. The van der Waals surface area contributed by atoms with Gasteiger partial charge in [-0.05, 0) is 36.8 Å². The van der Waals surface area contributed by atoms with Crippen molar-refractivity contribution in [2.24, 2.45) is 0 Å². The second kappa shape index (κ2) is 11.3. The number of anilines is 2. The van der Waals surface area contributed by atoms with Crippen molar-refractivity contribution in [3.05, 3.63) is 76.6 Å². The maximum Gasteiger partial charge on any atom is 0.257 e. The molecule has 38 heavy (non-hydrogen) atoms. The van der Waals surface area contributed by atoms with Crippen molar-refractivity contribution in [1.29, 1.82) is 0 Å². The number of rotatable bonds is 5. The summed E-state index contributed by atoms with van der Waals surface area (Å²) in [7, 11) is 0. The Kier molecular flexibility index (Phi) is 8.51. The van der Waals surface area contributed by atoms with Gasteiger partial charge in [0.1, 0.15) is 17.0 Å². The van der Waals surface area contributed by atoms with Crippen LogP contribution in [-0.4, -0.2) is 42.5 Å². The molecule has 0 aliphatic carbocycles. The maximum absolute atomic E-state index is 15.1. The molecular formula is C23H19ClF5N5O4. The molecule has 0 saturated carbocycles. The van der Waals surface area contributed by atoms with Gasteiger partial charge in [-0.25, -0.2) is 27.5 Å². The minimum atomic E-state index is -2.67. The number of aromatic nitrogens is 3. The molecule has 9 nitrogen and oxygen atoms in total. The third-order valence-electron chi connectivity index (χ3n) is 5.08. The van der Waals surface area contributed by atoms with E-state index in [1.807, 2.05) is 0 Å². The van der Waals surface area contributed by atoms with Crippen LogP contribution in [0, 0.1) is 17.6 Å². The minimum Gasteiger partial charge on any atom is -0.382 e. The quantitative estimate of drug-likeness (QED) is 0.185. The monoisotopic (exact) mass is 559 g/mol. The number of aliphatic hydroxyl groups excluding tert-OH is 1. The van der Waals surface area contributed by atoms with E-state index < -0.39 is 65.1 Å². The van der Waals surface area contributed by atoms with Crippen LogP contribution in [0.2, 0.25) is 5.02 Å². The Morgan fingerprint density at radius 3 is 2.45 bits per heavy atom. The number of nitrogens with two attached hydrogens (primary N) is 1. The predicted molar refractivity (Wildman–Crippen MR) is 127 cm³/mol. The number of nitrogens with one attached hydrogen (secondary N) is 1. The lowest BCUT2D eigenvalue weighted by Crippen LogP contribution is -2.24. The molecule has 2 heterocycles. The fourth-order valence-corrected chi connectivity index (χ4v) is 3.67. The number of fused-ring (bicyclic) bond motifs is 1. The third kappa shape index (κ3) is 5.67. The van der Waals surface area contributed by atoms with Crippen LogP contribution in [0.5, 0.6) is 0 Å². The van der Waals surface area contributed by atoms with Gasteiger partial charge in [0.2, 0.25) is 18.7 Å². The molecule has 4 aromatic rings. The molecule has 1 unspecified atom stereocenters. The van der Waals surface area contributed by atoms with Gasteiger partial charge in [0, 0.05) is 10.6 Å². The number of nitrogen functional groups attached to an aromatic ring is 1. The summed E-state index contributed by atoms with van der Waals surface area (Å²) in [5, 5.41) is 32.5. The number of amides is 1. The van der Waals surface area contributed by atoms with Crippen LogP contribution < -0.4 is 11.1 Å². The molecule has 0 bridgehead atoms. The molecule has 0 spiro atoms. The van der Waals surface area contributed by atoms with Crippen molar-refractivity contribution < 1.29 is 42.1 Å². The van der Waals surface area contributed by atoms with Crippen LogP contribution in [0.25, 0.3) is 16.8 Å². The smallest absolute Gasteiger partial charge is 0.257 e. The highest BCUT2D eigenvalue weighted by molar-refractivity contribution is 6.30. The number of carbonyl (C=O) groups excluding carboxylic acids is 1. The molecule has 0 fully saturated rings. The van der Waals surface area contributed by atoms with Gasteiger partial charge in [-0.2, -0.15) is 4.39 Å². The lowest BCUT2D eigenvalue weighted by molar-refractivity contribution is -0.159. The Morgan fingerprint density at radius 2 is 1.84 bits per heavy atom. The number of hydrogen-bond donors (Lipinski definition) is 5. The summed E-state index contributed by atoms with van der Waals surface area (Å²) in [6, 6.07) is 7.79. The highest BCUT2D eigenvalue weighted by Gasteiger charge is 2.32. The van der Waals surface area contributed by atoms with Crippen LogP contribution in [0.15, 0.2) is 42.6 Å². The lowest BCUT2D eigenvalue weighted by Gasteiger charge is -2.14. The highest BCUT2D eigenvalue weighted by atomic mass is 35.5. The largest absolute Gasteiger partial charge is 0.382 e. The van der Waals surface area contributed by atoms with Crippen LogP contribution in [-0.2, 0) is 10.6 Å². The number of aliphatic hydroxyl groups is 3. The molecule has 1 amide bonds. The van der Waals surface area contributed by atoms with Crippen LogP contribution >= 0.6 is 11.6 Å². The Balaban J connectivity index is 0.00000127. The number of benzene rings is 2. The third-order valence-corrected chi connectivity index (χ3v) is 5.31. The first-order valence-electron chi connectivity index (χ1n) is 10.4. The summed E-state index contributed by atoms with van der Waals surface area (Å²) in [5.41, 5.74) is 4.04. The molecule has 0 radical (unpaired) electrons. The van der Waals surface area contributed by atoms with Gasteiger partial charge in [-0.15, -0.1) is 0 Å². The van der Waals surface area contributed by atoms with E-state index in [4.69, 9.17) is 17.3 Å². The molecule has 4 rings (SSSR count). The van der Waals surface area contributed by atoms with Crippen molar-refractivity contribution in [3.8, 4) is 11.3 Å². The Hall–Kier alpha value is -3.85. The molecule has 0 saturated heterocycles. The molecular weight excluding hydrogens is 541 g/mol. The summed E-state index contributed by atoms with van der Waals surface area (Å²) in [6.45, 7) is -0.859. The van der Waals surface area contributed by atoms with Gasteiger partial charge in [-0.3, -0.25) is 9.20 Å². The number of alkyl halides is 2. The molecule has 6 N–H and O–H groups in total. The van der Waals surface area contributed by atoms with Gasteiger partial charge in [0.25, 0.3) is 5.91 Å². The fraction of sp³-hybridized carbons (Fsp3) is 0.174. The first kappa shape index (κ1) is 28.7. The molecule has 2 aromatic carbocycles. The van der Waals surface area contributed by atoms with Gasteiger partial charge < -0.3 is 26.4 Å². The van der Waals surface area contributed by atoms with E-state index in [1.54, 1.807) is 0 Å². The zero-order chi connectivity index (χ0) is 28.4. The minimum absolute atomic E-state index is 0.130. The summed E-state index contributed by atoms with van der Waals surface area (Å²) in [6.07, 6.45) is -1.03. The highest BCUT2D eigenvalue weighted by Crippen LogP contribution is 2.35. The molecule has 0 aliphatic rings. The zero-order valence-corrected chi connectivity index (χ0v) is 20.0. The molecule has 1 atom stereocenters. The van der Waals surface area contributed by atoms with Gasteiger partial charge in [0.05, 0.1) is 11.9 Å². The Morgan fingerprint density at radius 1 is 1.18 bits per heavy atom. The summed E-state index contributed by atoms with van der Waals surface area (Å²) in [5.74, 6) is -8.84. The number of imidazole rings is 1. The zero-order valence-electron chi connectivity index (χ0n) is 19.3. The van der Waals surface area contributed by atoms with Gasteiger partial charge in [-0.1, -0.05) is 23.7 Å². The average Bonchev–Trinajstić information content (AvgIpc) is 3.27. The summed E-state index contributed by atoms with van der Waals surface area (Å²) in [4.78, 5) is 19.9. The Labute approximate surface area is 215 Å². The van der Waals surface area contributed by atoms with Crippen molar-refractivity contribution in [3.63, 3.8) is 0 Å². The Bertz CT molecular complexity index is 1500. The van der Waals surface area contributed by atoms with E-state index in [2.05, 4.69) is 15.3 Å². The van der Waals surface area contributed by atoms with Crippen LogP contribution in [0.4, 0.5) is 33.5 Å². The van der Waals surface area contributed by atoms with E-state index >= 15 is 4.39 Å². The molecule has 0 aliphatic heterocycles. The summed E-state index contributed by atoms with van der Waals surface area (Å²) < 4.78 is 64.3. The second-order valence-electron chi connectivity index (χ2n) is 7.79. The van der Waals surface area contributed by atoms with Gasteiger partial charge >= 0.3 is 0 Å². The van der Waals surface area contributed by atoms with Crippen molar-refractivity contribution in [1.82, 2.24) is 14.4 Å². The number of hydrogen-bond acceptors (Lipinski definition) is 7. The normalized spacial score (nSPS) is 12.2. The molecule has 2 aromatic heterocycles. The van der Waals surface area contributed by atoms with Crippen molar-refractivity contribution in [2.75, 3.05) is 18.0 Å². The van der Waals surface area contributed by atoms with E-state index in [9.17, 15) is 37.7 Å². The molecule has 202 valence electrons. The second-order valence-corrected chi connectivity index (χ2v) is 8.23. The average molecular weight is 560 g/mol. The maximum atomic E-state index is 15.1. The van der Waals surface area contributed by atoms with E-state index in [0.717, 1.165) is 19.1 Å². The summed E-state index contributed by atoms with van der Waals surface area (Å²) >= 11 is 5.84. The van der Waals surface area contributed by atoms with E-state index in [-0.39, 0.29) is 21.9 Å². The first-order valence-corrected chi connectivity index (χ1v) is 10.8. The van der Waals surface area contributed by atoms with Crippen molar-refractivity contribution in [2.45, 2.75) is 18.8 Å². The topological polar surface area (TPSA) is 146 Å². The van der Waals surface area contributed by atoms with Crippen LogP contribution in [0.3, 0.4) is 0 Å². The fourth-order valence-electron chi connectivity index (χ4n) is 3.47. The standard InChI is InChI=1S/C22H17ClF3N5O4.CH2F2/c1-22(34,35)21-30-16(17-19(27)28-8-13(24)31(17)21)11-5-6-12(15(26)14(11)25)29-20(33)18(32)9-3-2-4-10(23)7-9;2-1-3/h2-8,18,32,34-35H,1H3,(H2,27,28)(H,29,33);1H2. The number of nitrogens with zero attached hydrogens (tertiary/aromatic N) is 3. The van der Waals surface area contributed by atoms with Crippen LogP contribution in [0.1, 0.15) is 24.4 Å². The predicted octanol–water partition coefficient (Wildman–Crippen LogP) is 3.76. The van der Waals surface area contributed by atoms with Gasteiger partial charge in [0.15, 0.2) is 23.6 Å².